The fourth-order valence-corrected chi connectivity index (χ4v) is 4.02. The second-order valence-corrected chi connectivity index (χ2v) is 7.81. The van der Waals surface area contributed by atoms with Crippen LogP contribution in [-0.2, 0) is 17.9 Å². The van der Waals surface area contributed by atoms with Crippen molar-refractivity contribution in [1.29, 1.82) is 0 Å². The molecule has 1 aromatic rings. The van der Waals surface area contributed by atoms with Gasteiger partial charge in [0.1, 0.15) is 0 Å². The van der Waals surface area contributed by atoms with Crippen LogP contribution in [0.5, 0.6) is 0 Å². The van der Waals surface area contributed by atoms with Crippen LogP contribution < -0.4 is 5.32 Å². The number of carbonyl (C=O) groups is 1. The third-order valence-corrected chi connectivity index (χ3v) is 5.67. The van der Waals surface area contributed by atoms with Gasteiger partial charge >= 0.3 is 0 Å². The largest absolute Gasteiger partial charge is 0.393 e. The van der Waals surface area contributed by atoms with Gasteiger partial charge in [0.25, 0.3) is 0 Å². The first-order valence-electron chi connectivity index (χ1n) is 9.94. The number of carbonyl (C=O) groups excluding carboxylic acids is 1. The van der Waals surface area contributed by atoms with E-state index >= 15 is 0 Å². The number of hydrogen-bond donors (Lipinski definition) is 2. The molecular formula is C21H32N2O2. The number of likely N-dealkylation sites (tertiary alicyclic amines) is 1. The van der Waals surface area contributed by atoms with E-state index in [1.807, 2.05) is 0 Å². The highest BCUT2D eigenvalue weighted by molar-refractivity contribution is 5.76. The predicted molar refractivity (Wildman–Crippen MR) is 100.0 cm³/mol. The predicted octanol–water partition coefficient (Wildman–Crippen LogP) is 3.23. The summed E-state index contributed by atoms with van der Waals surface area (Å²) in [6.07, 6.45) is 8.68. The van der Waals surface area contributed by atoms with Gasteiger partial charge in [0.2, 0.25) is 5.91 Å². The number of nitrogens with zero attached hydrogens (tertiary/aromatic N) is 1. The molecule has 0 radical (unpaired) electrons. The molecule has 0 spiro atoms. The number of hydrogen-bond acceptors (Lipinski definition) is 3. The van der Waals surface area contributed by atoms with E-state index in [9.17, 15) is 9.90 Å². The van der Waals surface area contributed by atoms with Gasteiger partial charge in [-0.25, -0.2) is 0 Å². The number of nitrogens with one attached hydrogen (secondary N) is 1. The molecule has 1 saturated carbocycles. The van der Waals surface area contributed by atoms with E-state index < -0.39 is 0 Å². The molecule has 3 rings (SSSR count). The summed E-state index contributed by atoms with van der Waals surface area (Å²) in [7, 11) is 0. The van der Waals surface area contributed by atoms with Gasteiger partial charge in [0, 0.05) is 32.6 Å². The molecule has 1 amide bonds. The molecule has 0 atom stereocenters. The molecule has 4 heteroatoms. The van der Waals surface area contributed by atoms with E-state index in [-0.39, 0.29) is 12.0 Å². The molecule has 1 aliphatic carbocycles. The van der Waals surface area contributed by atoms with Gasteiger partial charge < -0.3 is 10.4 Å². The molecule has 0 bridgehead atoms. The first-order valence-corrected chi connectivity index (χ1v) is 9.94. The summed E-state index contributed by atoms with van der Waals surface area (Å²) in [6.45, 7) is 3.52. The first-order chi connectivity index (χ1) is 12.2. The molecule has 2 N–H and O–H groups in total. The maximum Gasteiger partial charge on any atom is 0.220 e. The summed E-state index contributed by atoms with van der Waals surface area (Å²) in [5.74, 6) is 0.794. The Hall–Kier alpha value is -1.39. The van der Waals surface area contributed by atoms with E-state index in [1.165, 1.54) is 37.7 Å². The molecule has 2 fully saturated rings. The van der Waals surface area contributed by atoms with Gasteiger partial charge in [-0.05, 0) is 42.7 Å². The van der Waals surface area contributed by atoms with Crippen molar-refractivity contribution in [3.8, 4) is 0 Å². The van der Waals surface area contributed by atoms with Crippen LogP contribution >= 0.6 is 0 Å². The zero-order chi connectivity index (χ0) is 17.5. The SMILES string of the molecule is O=C(CC1CCCCC1)NCc1ccc(CN2CCC(O)CC2)cc1. The summed E-state index contributed by atoms with van der Waals surface area (Å²) in [5, 5.41) is 12.7. The standard InChI is InChI=1S/C21H32N2O2/c24-20-10-12-23(13-11-20)16-19-8-6-18(7-9-19)15-22-21(25)14-17-4-2-1-3-5-17/h6-9,17,20,24H,1-5,10-16H2,(H,22,25). The van der Waals surface area contributed by atoms with E-state index in [0.717, 1.165) is 38.0 Å². The molecule has 4 nitrogen and oxygen atoms in total. The monoisotopic (exact) mass is 344 g/mol. The fraction of sp³-hybridized carbons (Fsp3) is 0.667. The Labute approximate surface area is 151 Å². The molecular weight excluding hydrogens is 312 g/mol. The highest BCUT2D eigenvalue weighted by atomic mass is 16.3. The molecule has 1 aliphatic heterocycles. The zero-order valence-electron chi connectivity index (χ0n) is 15.3. The summed E-state index contributed by atoms with van der Waals surface area (Å²) in [5.41, 5.74) is 2.46. The van der Waals surface area contributed by atoms with Crippen molar-refractivity contribution in [2.45, 2.75) is 70.6 Å². The molecule has 0 aromatic heterocycles. The minimum absolute atomic E-state index is 0.115. The van der Waals surface area contributed by atoms with E-state index in [2.05, 4.69) is 34.5 Å². The number of benzene rings is 1. The van der Waals surface area contributed by atoms with Crippen LogP contribution in [-0.4, -0.2) is 35.1 Å². The van der Waals surface area contributed by atoms with E-state index in [4.69, 9.17) is 0 Å². The molecule has 138 valence electrons. The number of aliphatic hydroxyl groups is 1. The Bertz CT molecular complexity index is 529. The minimum atomic E-state index is -0.115. The lowest BCUT2D eigenvalue weighted by atomic mass is 9.87. The van der Waals surface area contributed by atoms with Crippen LogP contribution in [0.3, 0.4) is 0 Å². The Morgan fingerprint density at radius 3 is 2.32 bits per heavy atom. The summed E-state index contributed by atoms with van der Waals surface area (Å²) in [6, 6.07) is 8.56. The van der Waals surface area contributed by atoms with Crippen molar-refractivity contribution < 1.29 is 9.90 Å². The maximum absolute atomic E-state index is 12.1. The lowest BCUT2D eigenvalue weighted by Crippen LogP contribution is -2.35. The quantitative estimate of drug-likeness (QED) is 0.833. The first kappa shape index (κ1) is 18.4. The van der Waals surface area contributed by atoms with Crippen molar-refractivity contribution in [2.24, 2.45) is 5.92 Å². The highest BCUT2D eigenvalue weighted by Crippen LogP contribution is 2.26. The molecule has 25 heavy (non-hydrogen) atoms. The lowest BCUT2D eigenvalue weighted by Gasteiger charge is -2.29. The van der Waals surface area contributed by atoms with E-state index in [0.29, 0.717) is 18.9 Å². The van der Waals surface area contributed by atoms with Crippen LogP contribution in [0.2, 0.25) is 0 Å². The zero-order valence-corrected chi connectivity index (χ0v) is 15.3. The summed E-state index contributed by atoms with van der Waals surface area (Å²) in [4.78, 5) is 14.5. The minimum Gasteiger partial charge on any atom is -0.393 e. The van der Waals surface area contributed by atoms with Gasteiger partial charge in [0.15, 0.2) is 0 Å². The second-order valence-electron chi connectivity index (χ2n) is 7.81. The number of rotatable bonds is 6. The van der Waals surface area contributed by atoms with Gasteiger partial charge in [-0.15, -0.1) is 0 Å². The van der Waals surface area contributed by atoms with Gasteiger partial charge in [-0.2, -0.15) is 0 Å². The van der Waals surface area contributed by atoms with Crippen molar-refractivity contribution in [1.82, 2.24) is 10.2 Å². The third kappa shape index (κ3) is 6.12. The van der Waals surface area contributed by atoms with Crippen LogP contribution in [0.25, 0.3) is 0 Å². The van der Waals surface area contributed by atoms with Crippen molar-refractivity contribution in [3.05, 3.63) is 35.4 Å². The number of aliphatic hydroxyl groups excluding tert-OH is 1. The van der Waals surface area contributed by atoms with Crippen LogP contribution in [0.1, 0.15) is 62.5 Å². The molecule has 0 unspecified atom stereocenters. The van der Waals surface area contributed by atoms with Crippen molar-refractivity contribution in [2.75, 3.05) is 13.1 Å². The third-order valence-electron chi connectivity index (χ3n) is 5.67. The summed E-state index contributed by atoms with van der Waals surface area (Å²) < 4.78 is 0. The lowest BCUT2D eigenvalue weighted by molar-refractivity contribution is -0.122. The fourth-order valence-electron chi connectivity index (χ4n) is 4.02. The Morgan fingerprint density at radius 2 is 1.64 bits per heavy atom. The topological polar surface area (TPSA) is 52.6 Å². The van der Waals surface area contributed by atoms with Crippen molar-refractivity contribution >= 4 is 5.91 Å². The van der Waals surface area contributed by atoms with E-state index in [1.54, 1.807) is 0 Å². The van der Waals surface area contributed by atoms with Crippen molar-refractivity contribution in [3.63, 3.8) is 0 Å². The smallest absolute Gasteiger partial charge is 0.220 e. The van der Waals surface area contributed by atoms with Crippen LogP contribution in [0.15, 0.2) is 24.3 Å². The van der Waals surface area contributed by atoms with Gasteiger partial charge in [-0.3, -0.25) is 9.69 Å². The highest BCUT2D eigenvalue weighted by Gasteiger charge is 2.18. The Balaban J connectivity index is 1.39. The summed E-state index contributed by atoms with van der Waals surface area (Å²) >= 11 is 0. The number of amides is 1. The molecule has 1 aromatic carbocycles. The maximum atomic E-state index is 12.1. The average Bonchev–Trinajstić information content (AvgIpc) is 2.64. The Morgan fingerprint density at radius 1 is 1.00 bits per heavy atom. The molecule has 1 saturated heterocycles. The molecule has 1 heterocycles. The van der Waals surface area contributed by atoms with Crippen LogP contribution in [0.4, 0.5) is 0 Å². The van der Waals surface area contributed by atoms with Gasteiger partial charge in [0.05, 0.1) is 6.10 Å². The van der Waals surface area contributed by atoms with Gasteiger partial charge in [-0.1, -0.05) is 43.5 Å². The number of piperidine rings is 1. The normalized spacial score (nSPS) is 20.5. The molecule has 2 aliphatic rings. The average molecular weight is 344 g/mol. The van der Waals surface area contributed by atoms with Crippen LogP contribution in [0, 0.1) is 5.92 Å². The second kappa shape index (κ2) is 9.35. The Kier molecular flexibility index (Phi) is 6.88.